The number of fused-ring (bicyclic) bond motifs is 1. The van der Waals surface area contributed by atoms with Crippen molar-refractivity contribution < 1.29 is 14.7 Å². The van der Waals surface area contributed by atoms with E-state index in [9.17, 15) is 14.7 Å². The van der Waals surface area contributed by atoms with E-state index in [0.717, 1.165) is 11.1 Å². The average molecular weight is 559 g/mol. The molecule has 1 aliphatic rings. The third kappa shape index (κ3) is 5.57. The molecule has 4 aromatic carbocycles. The fourth-order valence-electron chi connectivity index (χ4n) is 5.36. The number of nitrogens with one attached hydrogen (secondary N) is 1. The molecule has 1 heterocycles. The molecule has 0 bridgehead atoms. The lowest BCUT2D eigenvalue weighted by Crippen LogP contribution is -2.49. The van der Waals surface area contributed by atoms with Crippen LogP contribution in [0.5, 0.6) is 0 Å². The van der Waals surface area contributed by atoms with Gasteiger partial charge in [0.05, 0.1) is 24.6 Å². The molecule has 4 aromatic rings. The Labute approximate surface area is 238 Å². The summed E-state index contributed by atoms with van der Waals surface area (Å²) < 4.78 is 0. The Morgan fingerprint density at radius 1 is 0.872 bits per heavy atom. The van der Waals surface area contributed by atoms with Gasteiger partial charge in [-0.25, -0.2) is 0 Å². The lowest BCUT2D eigenvalue weighted by Gasteiger charge is -2.45. The zero-order valence-corrected chi connectivity index (χ0v) is 22.6. The Kier molecular flexibility index (Phi) is 8.32. The van der Waals surface area contributed by atoms with Gasteiger partial charge in [-0.1, -0.05) is 108 Å². The maximum atomic E-state index is 14.1. The molecule has 2 amide bonds. The topological polar surface area (TPSA) is 69.6 Å². The molecule has 0 aromatic heterocycles. The maximum Gasteiger partial charge on any atom is 0.255 e. The van der Waals surface area contributed by atoms with E-state index in [0.29, 0.717) is 39.7 Å². The molecule has 0 fully saturated rings. The summed E-state index contributed by atoms with van der Waals surface area (Å²) in [5.41, 5.74) is 3.50. The predicted molar refractivity (Wildman–Crippen MR) is 154 cm³/mol. The zero-order chi connectivity index (χ0) is 27.4. The van der Waals surface area contributed by atoms with Crippen LogP contribution in [-0.2, 0) is 11.2 Å². The molecule has 0 spiro atoms. The summed E-state index contributed by atoms with van der Waals surface area (Å²) in [6, 6.07) is 30.0. The summed E-state index contributed by atoms with van der Waals surface area (Å²) in [5.74, 6) is -1.28. The Morgan fingerprint density at radius 2 is 1.54 bits per heavy atom. The van der Waals surface area contributed by atoms with Gasteiger partial charge in [0.1, 0.15) is 0 Å². The molecule has 0 unspecified atom stereocenters. The summed E-state index contributed by atoms with van der Waals surface area (Å²) >= 11 is 13.0. The fraction of sp³-hybridized carbons (Fsp3) is 0.188. The largest absolute Gasteiger partial charge is 0.394 e. The first-order chi connectivity index (χ1) is 19.0. The lowest BCUT2D eigenvalue weighted by molar-refractivity contribution is -0.124. The minimum absolute atomic E-state index is 0.225. The Bertz CT molecular complexity index is 1460. The van der Waals surface area contributed by atoms with Crippen molar-refractivity contribution in [1.82, 2.24) is 10.2 Å². The Balaban J connectivity index is 1.62. The number of aliphatic hydroxyl groups is 1. The van der Waals surface area contributed by atoms with Gasteiger partial charge in [-0.2, -0.15) is 0 Å². The highest BCUT2D eigenvalue weighted by Crippen LogP contribution is 2.48. The van der Waals surface area contributed by atoms with E-state index in [1.54, 1.807) is 35.2 Å². The summed E-state index contributed by atoms with van der Waals surface area (Å²) in [5, 5.41) is 14.5. The molecule has 198 valence electrons. The predicted octanol–water partition coefficient (Wildman–Crippen LogP) is 6.37. The number of amides is 2. The van der Waals surface area contributed by atoms with E-state index < -0.39 is 18.0 Å². The first-order valence-corrected chi connectivity index (χ1v) is 13.6. The quantitative estimate of drug-likeness (QED) is 0.264. The molecule has 5 rings (SSSR count). The number of carbonyl (C=O) groups excluding carboxylic acids is 2. The van der Waals surface area contributed by atoms with Gasteiger partial charge in [-0.05, 0) is 46.9 Å². The van der Waals surface area contributed by atoms with Crippen LogP contribution >= 0.6 is 23.2 Å². The number of benzene rings is 4. The van der Waals surface area contributed by atoms with Crippen molar-refractivity contribution in [3.63, 3.8) is 0 Å². The molecule has 0 saturated carbocycles. The van der Waals surface area contributed by atoms with Crippen LogP contribution < -0.4 is 5.32 Å². The van der Waals surface area contributed by atoms with Crippen LogP contribution in [0.2, 0.25) is 10.0 Å². The highest BCUT2D eigenvalue weighted by molar-refractivity contribution is 6.35. The molecule has 3 atom stereocenters. The molecule has 0 aliphatic carbocycles. The van der Waals surface area contributed by atoms with Crippen molar-refractivity contribution in [1.29, 1.82) is 0 Å². The van der Waals surface area contributed by atoms with Crippen molar-refractivity contribution in [3.8, 4) is 0 Å². The normalized spacial score (nSPS) is 17.4. The number of hydrogen-bond donors (Lipinski definition) is 2. The number of hydrogen-bond acceptors (Lipinski definition) is 3. The molecule has 0 radical (unpaired) electrons. The maximum absolute atomic E-state index is 14.1. The second kappa shape index (κ2) is 12.0. The number of nitrogens with zero attached hydrogens (tertiary/aromatic N) is 1. The molecular formula is C32H28Cl2N2O3. The molecular weight excluding hydrogens is 531 g/mol. The molecule has 2 N–H and O–H groups in total. The van der Waals surface area contributed by atoms with Crippen molar-refractivity contribution >= 4 is 35.0 Å². The van der Waals surface area contributed by atoms with Gasteiger partial charge in [0.25, 0.3) is 5.91 Å². The smallest absolute Gasteiger partial charge is 0.255 e. The van der Waals surface area contributed by atoms with Gasteiger partial charge in [-0.15, -0.1) is 0 Å². The molecule has 5 nitrogen and oxygen atoms in total. The number of halogens is 2. The van der Waals surface area contributed by atoms with Gasteiger partial charge < -0.3 is 15.3 Å². The van der Waals surface area contributed by atoms with Gasteiger partial charge in [0.2, 0.25) is 5.91 Å². The fourth-order valence-corrected chi connectivity index (χ4v) is 5.88. The Morgan fingerprint density at radius 3 is 2.23 bits per heavy atom. The van der Waals surface area contributed by atoms with E-state index in [-0.39, 0.29) is 18.4 Å². The van der Waals surface area contributed by atoms with Crippen molar-refractivity contribution in [2.45, 2.75) is 24.4 Å². The molecule has 0 saturated heterocycles. The minimum atomic E-state index is -0.786. The van der Waals surface area contributed by atoms with E-state index in [1.807, 2.05) is 72.8 Å². The zero-order valence-electron chi connectivity index (χ0n) is 21.1. The lowest BCUT2D eigenvalue weighted by atomic mass is 9.78. The van der Waals surface area contributed by atoms with Gasteiger partial charge in [0, 0.05) is 22.2 Å². The first-order valence-electron chi connectivity index (χ1n) is 12.8. The summed E-state index contributed by atoms with van der Waals surface area (Å²) in [6.07, 6.45) is 0.666. The average Bonchev–Trinajstić information content (AvgIpc) is 2.96. The van der Waals surface area contributed by atoms with Crippen molar-refractivity contribution in [2.24, 2.45) is 0 Å². The second-order valence-electron chi connectivity index (χ2n) is 9.52. The monoisotopic (exact) mass is 558 g/mol. The minimum Gasteiger partial charge on any atom is -0.394 e. The van der Waals surface area contributed by atoms with Crippen LogP contribution in [0.3, 0.4) is 0 Å². The number of aliphatic hydroxyl groups excluding tert-OH is 1. The van der Waals surface area contributed by atoms with Crippen molar-refractivity contribution in [3.05, 3.63) is 141 Å². The third-order valence-electron chi connectivity index (χ3n) is 7.19. The SMILES string of the molecule is O=C(NCCc1ccccc1)[C@@H]1c2ccccc2C(=O)N([C@H](CO)c2ccccc2)[C@H]1c1ccc(Cl)cc1Cl. The first kappa shape index (κ1) is 26.9. The van der Waals surface area contributed by atoms with Crippen LogP contribution in [0.1, 0.15) is 50.6 Å². The van der Waals surface area contributed by atoms with Gasteiger partial charge in [0.15, 0.2) is 0 Å². The highest BCUT2D eigenvalue weighted by atomic mass is 35.5. The van der Waals surface area contributed by atoms with Crippen LogP contribution in [0.4, 0.5) is 0 Å². The van der Waals surface area contributed by atoms with Gasteiger partial charge in [-0.3, -0.25) is 9.59 Å². The Hall–Kier alpha value is -3.64. The molecule has 7 heteroatoms. The van der Waals surface area contributed by atoms with Crippen LogP contribution in [0.15, 0.2) is 103 Å². The van der Waals surface area contributed by atoms with Crippen LogP contribution in [0.25, 0.3) is 0 Å². The second-order valence-corrected chi connectivity index (χ2v) is 10.4. The standard InChI is InChI=1S/C32H28Cl2N2O3/c33-23-15-16-26(27(34)19-23)30-29(31(38)35-18-17-21-9-3-1-4-10-21)24-13-7-8-14-25(24)32(39)36(30)28(20-37)22-11-5-2-6-12-22/h1-16,19,28-30,37H,17-18,20H2,(H,35,38)/t28-,29-,30+/m1/s1. The summed E-state index contributed by atoms with van der Waals surface area (Å²) in [7, 11) is 0. The van der Waals surface area contributed by atoms with E-state index >= 15 is 0 Å². The van der Waals surface area contributed by atoms with Crippen LogP contribution in [0, 0.1) is 0 Å². The number of rotatable bonds is 8. The summed E-state index contributed by atoms with van der Waals surface area (Å²) in [4.78, 5) is 29.8. The summed E-state index contributed by atoms with van der Waals surface area (Å²) in [6.45, 7) is 0.0978. The van der Waals surface area contributed by atoms with Crippen LogP contribution in [-0.4, -0.2) is 35.0 Å². The number of carbonyl (C=O) groups is 2. The van der Waals surface area contributed by atoms with E-state index in [4.69, 9.17) is 23.2 Å². The third-order valence-corrected chi connectivity index (χ3v) is 7.75. The van der Waals surface area contributed by atoms with E-state index in [2.05, 4.69) is 5.32 Å². The van der Waals surface area contributed by atoms with E-state index in [1.165, 1.54) is 0 Å². The highest BCUT2D eigenvalue weighted by Gasteiger charge is 2.47. The molecule has 1 aliphatic heterocycles. The van der Waals surface area contributed by atoms with Crippen molar-refractivity contribution in [2.75, 3.05) is 13.2 Å². The van der Waals surface area contributed by atoms with Gasteiger partial charge >= 0.3 is 0 Å². The molecule has 39 heavy (non-hydrogen) atoms.